The van der Waals surface area contributed by atoms with Crippen LogP contribution in [0.4, 0.5) is 5.69 Å². The quantitative estimate of drug-likeness (QED) is 0.887. The zero-order valence-electron chi connectivity index (χ0n) is 12.2. The van der Waals surface area contributed by atoms with Crippen molar-refractivity contribution in [2.24, 2.45) is 11.7 Å². The van der Waals surface area contributed by atoms with Crippen molar-refractivity contribution in [2.45, 2.75) is 13.0 Å². The molecule has 2 atom stereocenters. The fourth-order valence-electron chi connectivity index (χ4n) is 2.06. The molecule has 0 bridgehead atoms. The number of nitrogens with one attached hydrogen (secondary N) is 1. The molecule has 0 saturated heterocycles. The van der Waals surface area contributed by atoms with Gasteiger partial charge in [-0.15, -0.1) is 0 Å². The van der Waals surface area contributed by atoms with Gasteiger partial charge in [-0.1, -0.05) is 37.3 Å². The van der Waals surface area contributed by atoms with Crippen LogP contribution in [0, 0.1) is 5.92 Å². The molecule has 0 aromatic heterocycles. The molecule has 1 amide bonds. The van der Waals surface area contributed by atoms with E-state index < -0.39 is 0 Å². The normalized spacial score (nSPS) is 13.3. The molecular formula is C17H20N2O2. The van der Waals surface area contributed by atoms with Crippen molar-refractivity contribution in [3.63, 3.8) is 0 Å². The maximum atomic E-state index is 12.3. The lowest BCUT2D eigenvalue weighted by atomic mass is 9.94. The molecule has 4 nitrogen and oxygen atoms in total. The molecule has 2 rings (SSSR count). The van der Waals surface area contributed by atoms with Gasteiger partial charge >= 0.3 is 0 Å². The summed E-state index contributed by atoms with van der Waals surface area (Å²) in [5.74, 6) is 0.327. The zero-order chi connectivity index (χ0) is 15.2. The number of ether oxygens (including phenoxy) is 1. The van der Waals surface area contributed by atoms with Gasteiger partial charge in [0.15, 0.2) is 0 Å². The molecule has 2 unspecified atom stereocenters. The van der Waals surface area contributed by atoms with Crippen molar-refractivity contribution in [3.05, 3.63) is 60.2 Å². The van der Waals surface area contributed by atoms with Crippen LogP contribution in [0.25, 0.3) is 0 Å². The number of amides is 1. The molecule has 0 radical (unpaired) electrons. The van der Waals surface area contributed by atoms with Gasteiger partial charge in [0, 0.05) is 11.7 Å². The maximum absolute atomic E-state index is 12.3. The average molecular weight is 284 g/mol. The number of hydrogen-bond acceptors (Lipinski definition) is 3. The van der Waals surface area contributed by atoms with Crippen LogP contribution in [-0.2, 0) is 4.79 Å². The van der Waals surface area contributed by atoms with E-state index in [1.54, 1.807) is 31.4 Å². The molecule has 0 aliphatic rings. The molecule has 4 heteroatoms. The number of carbonyl (C=O) groups is 1. The van der Waals surface area contributed by atoms with Gasteiger partial charge in [-0.2, -0.15) is 0 Å². The van der Waals surface area contributed by atoms with Crippen LogP contribution < -0.4 is 15.8 Å². The van der Waals surface area contributed by atoms with E-state index in [0.717, 1.165) is 17.0 Å². The second kappa shape index (κ2) is 6.90. The molecule has 0 aliphatic carbocycles. The zero-order valence-corrected chi connectivity index (χ0v) is 12.2. The fraction of sp³-hybridized carbons (Fsp3) is 0.235. The Morgan fingerprint density at radius 3 is 2.29 bits per heavy atom. The summed E-state index contributed by atoms with van der Waals surface area (Å²) < 4.78 is 5.08. The van der Waals surface area contributed by atoms with Crippen molar-refractivity contribution in [1.82, 2.24) is 0 Å². The number of carbonyl (C=O) groups excluding carboxylic acids is 1. The predicted octanol–water partition coefficient (Wildman–Crippen LogP) is 2.97. The smallest absolute Gasteiger partial charge is 0.229 e. The number of benzene rings is 2. The molecule has 0 fully saturated rings. The van der Waals surface area contributed by atoms with Crippen molar-refractivity contribution < 1.29 is 9.53 Å². The third-order valence-electron chi connectivity index (χ3n) is 3.49. The Hall–Kier alpha value is -2.33. The summed E-state index contributed by atoms with van der Waals surface area (Å²) in [7, 11) is 1.61. The van der Waals surface area contributed by atoms with E-state index in [2.05, 4.69) is 5.32 Å². The minimum absolute atomic E-state index is 0.100. The molecule has 110 valence electrons. The Morgan fingerprint density at radius 2 is 1.71 bits per heavy atom. The molecule has 21 heavy (non-hydrogen) atoms. The standard InChI is InChI=1S/C17H20N2O2/c1-12(16(18)13-6-4-3-5-7-13)17(20)19-14-8-10-15(21-2)11-9-14/h3-12,16H,18H2,1-2H3,(H,19,20). The number of nitrogens with two attached hydrogens (primary N) is 1. The van der Waals surface area contributed by atoms with Crippen LogP contribution in [-0.4, -0.2) is 13.0 Å². The van der Waals surface area contributed by atoms with E-state index >= 15 is 0 Å². The summed E-state index contributed by atoms with van der Waals surface area (Å²) >= 11 is 0. The Morgan fingerprint density at radius 1 is 1.10 bits per heavy atom. The van der Waals surface area contributed by atoms with E-state index in [-0.39, 0.29) is 17.9 Å². The van der Waals surface area contributed by atoms with E-state index in [1.165, 1.54) is 0 Å². The van der Waals surface area contributed by atoms with Crippen LogP contribution in [0.5, 0.6) is 5.75 Å². The molecule has 0 heterocycles. The van der Waals surface area contributed by atoms with E-state index in [1.807, 2.05) is 37.3 Å². The summed E-state index contributed by atoms with van der Waals surface area (Å²) in [6.45, 7) is 1.83. The monoisotopic (exact) mass is 284 g/mol. The van der Waals surface area contributed by atoms with Crippen molar-refractivity contribution in [1.29, 1.82) is 0 Å². The molecule has 0 saturated carbocycles. The summed E-state index contributed by atoms with van der Waals surface area (Å²) in [5.41, 5.74) is 7.84. The summed E-state index contributed by atoms with van der Waals surface area (Å²) in [6, 6.07) is 16.5. The lowest BCUT2D eigenvalue weighted by Gasteiger charge is -2.19. The molecular weight excluding hydrogens is 264 g/mol. The van der Waals surface area contributed by atoms with E-state index in [9.17, 15) is 4.79 Å². The van der Waals surface area contributed by atoms with Gasteiger partial charge in [0.25, 0.3) is 0 Å². The summed E-state index contributed by atoms with van der Waals surface area (Å²) in [5, 5.41) is 2.87. The third kappa shape index (κ3) is 3.83. The number of rotatable bonds is 5. The van der Waals surface area contributed by atoms with E-state index in [0.29, 0.717) is 0 Å². The summed E-state index contributed by atoms with van der Waals surface area (Å²) in [4.78, 5) is 12.3. The Balaban J connectivity index is 2.01. The van der Waals surface area contributed by atoms with Crippen molar-refractivity contribution in [3.8, 4) is 5.75 Å². The van der Waals surface area contributed by atoms with Crippen LogP contribution in [0.3, 0.4) is 0 Å². The minimum atomic E-state index is -0.329. The first-order chi connectivity index (χ1) is 10.1. The lowest BCUT2D eigenvalue weighted by molar-refractivity contribution is -0.120. The largest absolute Gasteiger partial charge is 0.497 e. The SMILES string of the molecule is COc1ccc(NC(=O)C(C)C(N)c2ccccc2)cc1. The van der Waals surface area contributed by atoms with Crippen molar-refractivity contribution in [2.75, 3.05) is 12.4 Å². The highest BCUT2D eigenvalue weighted by Gasteiger charge is 2.22. The van der Waals surface area contributed by atoms with Gasteiger partial charge in [-0.3, -0.25) is 4.79 Å². The van der Waals surface area contributed by atoms with Crippen LogP contribution >= 0.6 is 0 Å². The van der Waals surface area contributed by atoms with E-state index in [4.69, 9.17) is 10.5 Å². The summed E-state index contributed by atoms with van der Waals surface area (Å²) in [6.07, 6.45) is 0. The fourth-order valence-corrected chi connectivity index (χ4v) is 2.06. The van der Waals surface area contributed by atoms with Gasteiger partial charge in [0.1, 0.15) is 5.75 Å². The third-order valence-corrected chi connectivity index (χ3v) is 3.49. The highest BCUT2D eigenvalue weighted by atomic mass is 16.5. The van der Waals surface area contributed by atoms with Gasteiger partial charge in [-0.05, 0) is 29.8 Å². The molecule has 0 spiro atoms. The molecule has 0 aliphatic heterocycles. The average Bonchev–Trinajstić information content (AvgIpc) is 2.55. The second-order valence-electron chi connectivity index (χ2n) is 4.94. The second-order valence-corrected chi connectivity index (χ2v) is 4.94. The predicted molar refractivity (Wildman–Crippen MR) is 84.2 cm³/mol. The van der Waals surface area contributed by atoms with Crippen molar-refractivity contribution >= 4 is 11.6 Å². The number of methoxy groups -OCH3 is 1. The maximum Gasteiger partial charge on any atom is 0.229 e. The minimum Gasteiger partial charge on any atom is -0.497 e. The molecule has 3 N–H and O–H groups in total. The van der Waals surface area contributed by atoms with Gasteiger partial charge in [0.2, 0.25) is 5.91 Å². The number of hydrogen-bond donors (Lipinski definition) is 2. The lowest BCUT2D eigenvalue weighted by Crippen LogP contribution is -2.30. The first-order valence-electron chi connectivity index (χ1n) is 6.87. The number of anilines is 1. The first-order valence-corrected chi connectivity index (χ1v) is 6.87. The van der Waals surface area contributed by atoms with Gasteiger partial charge < -0.3 is 15.8 Å². The highest BCUT2D eigenvalue weighted by molar-refractivity contribution is 5.92. The topological polar surface area (TPSA) is 64.3 Å². The Kier molecular flexibility index (Phi) is 4.95. The Labute approximate surface area is 124 Å². The van der Waals surface area contributed by atoms with Crippen LogP contribution in [0.1, 0.15) is 18.5 Å². The van der Waals surface area contributed by atoms with Gasteiger partial charge in [0.05, 0.1) is 13.0 Å². The van der Waals surface area contributed by atoms with Crippen LogP contribution in [0.2, 0.25) is 0 Å². The first kappa shape index (κ1) is 15.1. The van der Waals surface area contributed by atoms with Gasteiger partial charge in [-0.25, -0.2) is 0 Å². The Bertz CT molecular complexity index is 581. The molecule has 2 aromatic carbocycles. The molecule has 2 aromatic rings. The highest BCUT2D eigenvalue weighted by Crippen LogP contribution is 2.21. The van der Waals surface area contributed by atoms with Crippen LogP contribution in [0.15, 0.2) is 54.6 Å².